The summed E-state index contributed by atoms with van der Waals surface area (Å²) in [5.41, 5.74) is 1.32. The summed E-state index contributed by atoms with van der Waals surface area (Å²) in [6, 6.07) is 7.57. The Balaban J connectivity index is 2.42. The predicted molar refractivity (Wildman–Crippen MR) is 69.6 cm³/mol. The van der Waals surface area contributed by atoms with Gasteiger partial charge in [-0.2, -0.15) is 0 Å². The van der Waals surface area contributed by atoms with Crippen molar-refractivity contribution in [2.45, 2.75) is 40.5 Å². The number of hydrogen-bond donors (Lipinski definition) is 1. The molecule has 0 saturated heterocycles. The minimum Gasteiger partial charge on any atom is -0.508 e. The predicted octanol–water partition coefficient (Wildman–Crippen LogP) is 4.25. The van der Waals surface area contributed by atoms with E-state index in [4.69, 9.17) is 0 Å². The number of aromatic hydroxyl groups is 1. The van der Waals surface area contributed by atoms with Crippen molar-refractivity contribution in [2.24, 2.45) is 17.8 Å². The highest BCUT2D eigenvalue weighted by Gasteiger charge is 2.15. The SMILES string of the molecule is CC(C)C(C)C(C)CCc1ccc(O)cc1. The molecule has 0 fully saturated rings. The van der Waals surface area contributed by atoms with Crippen molar-refractivity contribution < 1.29 is 5.11 Å². The van der Waals surface area contributed by atoms with Gasteiger partial charge in [-0.25, -0.2) is 0 Å². The molecule has 1 aromatic rings. The summed E-state index contributed by atoms with van der Waals surface area (Å²) in [6.45, 7) is 9.26. The van der Waals surface area contributed by atoms with Gasteiger partial charge in [-0.1, -0.05) is 39.8 Å². The lowest BCUT2D eigenvalue weighted by Gasteiger charge is -2.23. The lowest BCUT2D eigenvalue weighted by Crippen LogP contribution is -2.14. The zero-order chi connectivity index (χ0) is 12.1. The average Bonchev–Trinajstić information content (AvgIpc) is 2.26. The average molecular weight is 220 g/mol. The van der Waals surface area contributed by atoms with Crippen molar-refractivity contribution in [3.05, 3.63) is 29.8 Å². The lowest BCUT2D eigenvalue weighted by atomic mass is 9.83. The van der Waals surface area contributed by atoms with Crippen LogP contribution in [0.15, 0.2) is 24.3 Å². The van der Waals surface area contributed by atoms with Crippen LogP contribution in [0, 0.1) is 17.8 Å². The third kappa shape index (κ3) is 3.88. The number of phenols is 1. The first-order valence-corrected chi connectivity index (χ1v) is 6.28. The highest BCUT2D eigenvalue weighted by Crippen LogP contribution is 2.24. The second kappa shape index (κ2) is 5.93. The highest BCUT2D eigenvalue weighted by atomic mass is 16.3. The molecule has 0 amide bonds. The van der Waals surface area contributed by atoms with Gasteiger partial charge in [0.25, 0.3) is 0 Å². The largest absolute Gasteiger partial charge is 0.508 e. The van der Waals surface area contributed by atoms with Gasteiger partial charge in [0.05, 0.1) is 0 Å². The van der Waals surface area contributed by atoms with Crippen LogP contribution >= 0.6 is 0 Å². The van der Waals surface area contributed by atoms with Gasteiger partial charge in [0, 0.05) is 0 Å². The molecule has 0 aliphatic carbocycles. The minimum absolute atomic E-state index is 0.354. The Morgan fingerprint density at radius 3 is 2.06 bits per heavy atom. The molecule has 0 heterocycles. The second-order valence-electron chi connectivity index (χ2n) is 5.29. The van der Waals surface area contributed by atoms with E-state index in [2.05, 4.69) is 27.7 Å². The number of benzene rings is 1. The van der Waals surface area contributed by atoms with Crippen LogP contribution < -0.4 is 0 Å². The molecular weight excluding hydrogens is 196 g/mol. The van der Waals surface area contributed by atoms with Gasteiger partial charge in [-0.15, -0.1) is 0 Å². The maximum Gasteiger partial charge on any atom is 0.115 e. The Bertz CT molecular complexity index is 300. The van der Waals surface area contributed by atoms with E-state index < -0.39 is 0 Å². The Morgan fingerprint density at radius 2 is 1.56 bits per heavy atom. The third-order valence-corrected chi connectivity index (χ3v) is 3.77. The van der Waals surface area contributed by atoms with Crippen molar-refractivity contribution in [1.29, 1.82) is 0 Å². The van der Waals surface area contributed by atoms with E-state index in [0.717, 1.165) is 24.2 Å². The van der Waals surface area contributed by atoms with Crippen LogP contribution in [-0.2, 0) is 6.42 Å². The zero-order valence-electron chi connectivity index (χ0n) is 10.9. The maximum absolute atomic E-state index is 9.20. The van der Waals surface area contributed by atoms with Crippen LogP contribution in [0.1, 0.15) is 39.7 Å². The monoisotopic (exact) mass is 220 g/mol. The molecule has 1 heteroatoms. The van der Waals surface area contributed by atoms with Gasteiger partial charge in [0.15, 0.2) is 0 Å². The van der Waals surface area contributed by atoms with Gasteiger partial charge >= 0.3 is 0 Å². The Morgan fingerprint density at radius 1 is 1.00 bits per heavy atom. The molecule has 0 aromatic heterocycles. The number of aryl methyl sites for hydroxylation is 1. The molecule has 90 valence electrons. The maximum atomic E-state index is 9.20. The van der Waals surface area contributed by atoms with Gasteiger partial charge in [0.2, 0.25) is 0 Å². The van der Waals surface area contributed by atoms with Crippen LogP contribution in [0.3, 0.4) is 0 Å². The molecule has 0 spiro atoms. The molecule has 1 N–H and O–H groups in total. The third-order valence-electron chi connectivity index (χ3n) is 3.77. The van der Waals surface area contributed by atoms with E-state index in [0.29, 0.717) is 5.75 Å². The fourth-order valence-electron chi connectivity index (χ4n) is 1.98. The summed E-state index contributed by atoms with van der Waals surface area (Å²) in [7, 11) is 0. The minimum atomic E-state index is 0.354. The molecule has 1 aromatic carbocycles. The molecule has 1 nitrogen and oxygen atoms in total. The number of rotatable bonds is 5. The molecule has 0 radical (unpaired) electrons. The molecule has 0 aliphatic rings. The van der Waals surface area contributed by atoms with Crippen molar-refractivity contribution >= 4 is 0 Å². The molecule has 1 rings (SSSR count). The van der Waals surface area contributed by atoms with E-state index in [1.807, 2.05) is 12.1 Å². The smallest absolute Gasteiger partial charge is 0.115 e. The summed E-state index contributed by atoms with van der Waals surface area (Å²) in [4.78, 5) is 0. The quantitative estimate of drug-likeness (QED) is 0.786. The molecule has 2 atom stereocenters. The molecule has 0 bridgehead atoms. The van der Waals surface area contributed by atoms with E-state index >= 15 is 0 Å². The lowest BCUT2D eigenvalue weighted by molar-refractivity contribution is 0.282. The van der Waals surface area contributed by atoms with E-state index in [9.17, 15) is 5.11 Å². The molecule has 2 unspecified atom stereocenters. The van der Waals surface area contributed by atoms with Crippen LogP contribution in [0.5, 0.6) is 5.75 Å². The van der Waals surface area contributed by atoms with Gasteiger partial charge in [-0.3, -0.25) is 0 Å². The van der Waals surface area contributed by atoms with Crippen molar-refractivity contribution in [2.75, 3.05) is 0 Å². The van der Waals surface area contributed by atoms with E-state index in [1.165, 1.54) is 12.0 Å². The van der Waals surface area contributed by atoms with Crippen LogP contribution in [0.2, 0.25) is 0 Å². The Hall–Kier alpha value is -0.980. The summed E-state index contributed by atoms with van der Waals surface area (Å²) < 4.78 is 0. The molecular formula is C15H24O. The topological polar surface area (TPSA) is 20.2 Å². The van der Waals surface area contributed by atoms with Crippen LogP contribution in [-0.4, -0.2) is 5.11 Å². The molecule has 0 aliphatic heterocycles. The second-order valence-corrected chi connectivity index (χ2v) is 5.29. The number of phenolic OH excluding ortho intramolecular Hbond substituents is 1. The first-order valence-electron chi connectivity index (χ1n) is 6.28. The van der Waals surface area contributed by atoms with Gasteiger partial charge in [0.1, 0.15) is 5.75 Å². The molecule has 16 heavy (non-hydrogen) atoms. The first kappa shape index (κ1) is 13.1. The van der Waals surface area contributed by atoms with E-state index in [-0.39, 0.29) is 0 Å². The summed E-state index contributed by atoms with van der Waals surface area (Å²) in [5.74, 6) is 2.65. The van der Waals surface area contributed by atoms with Crippen molar-refractivity contribution in [3.63, 3.8) is 0 Å². The fourth-order valence-corrected chi connectivity index (χ4v) is 1.98. The summed E-state index contributed by atoms with van der Waals surface area (Å²) in [5, 5.41) is 9.20. The summed E-state index contributed by atoms with van der Waals surface area (Å²) in [6.07, 6.45) is 2.34. The van der Waals surface area contributed by atoms with Crippen LogP contribution in [0.4, 0.5) is 0 Å². The van der Waals surface area contributed by atoms with Crippen molar-refractivity contribution in [1.82, 2.24) is 0 Å². The Labute approximate surface area is 99.5 Å². The zero-order valence-corrected chi connectivity index (χ0v) is 10.9. The molecule has 0 saturated carbocycles. The van der Waals surface area contributed by atoms with Gasteiger partial charge < -0.3 is 5.11 Å². The highest BCUT2D eigenvalue weighted by molar-refractivity contribution is 5.25. The normalized spacial score (nSPS) is 15.1. The fraction of sp³-hybridized carbons (Fsp3) is 0.600. The number of hydrogen-bond acceptors (Lipinski definition) is 1. The summed E-state index contributed by atoms with van der Waals surface area (Å²) >= 11 is 0. The van der Waals surface area contributed by atoms with Crippen LogP contribution in [0.25, 0.3) is 0 Å². The van der Waals surface area contributed by atoms with Gasteiger partial charge in [-0.05, 0) is 48.3 Å². The Kier molecular flexibility index (Phi) is 4.85. The van der Waals surface area contributed by atoms with Crippen molar-refractivity contribution in [3.8, 4) is 5.75 Å². The van der Waals surface area contributed by atoms with E-state index in [1.54, 1.807) is 12.1 Å². The first-order chi connectivity index (χ1) is 7.50. The standard InChI is InChI=1S/C15H24O/c1-11(2)13(4)12(3)5-6-14-7-9-15(16)10-8-14/h7-13,16H,5-6H2,1-4H3.